The van der Waals surface area contributed by atoms with Crippen LogP contribution in [0.1, 0.15) is 88.7 Å². The predicted octanol–water partition coefficient (Wildman–Crippen LogP) is 7.05. The number of ketones is 1. The molecule has 1 heteroatoms. The van der Waals surface area contributed by atoms with Crippen LogP contribution in [0.3, 0.4) is 0 Å². The smallest absolute Gasteiger partial charge is 0.147 e. The van der Waals surface area contributed by atoms with Gasteiger partial charge in [-0.15, -0.1) is 0 Å². The van der Waals surface area contributed by atoms with Crippen LogP contribution in [0, 0.1) is 29.6 Å². The molecule has 4 saturated carbocycles. The molecule has 8 aliphatic carbocycles. The molecule has 35 heavy (non-hydrogen) atoms. The van der Waals surface area contributed by atoms with Crippen molar-refractivity contribution in [2.75, 3.05) is 0 Å². The zero-order valence-corrected chi connectivity index (χ0v) is 19.9. The third kappa shape index (κ3) is 1.83. The molecule has 8 aliphatic rings. The molecule has 2 unspecified atom stereocenters. The van der Waals surface area contributed by atoms with E-state index in [0.29, 0.717) is 65.0 Å². The predicted molar refractivity (Wildman–Crippen MR) is 136 cm³/mol. The maximum absolute atomic E-state index is 15.0. The summed E-state index contributed by atoms with van der Waals surface area (Å²) in [6, 6.07) is 28.0. The maximum Gasteiger partial charge on any atom is 0.147 e. The number of benzene rings is 3. The molecular weight excluding hydrogens is 424 g/mol. The molecule has 0 N–H and O–H groups in total. The summed E-state index contributed by atoms with van der Waals surface area (Å²) in [6.45, 7) is 0. The van der Waals surface area contributed by atoms with Crippen molar-refractivity contribution in [3.8, 4) is 0 Å². The Morgan fingerprint density at radius 2 is 1.06 bits per heavy atom. The first-order valence-electron chi connectivity index (χ1n) is 14.1. The van der Waals surface area contributed by atoms with Gasteiger partial charge in [0.2, 0.25) is 0 Å². The van der Waals surface area contributed by atoms with Crippen molar-refractivity contribution in [1.82, 2.24) is 0 Å². The molecule has 1 nitrogen and oxygen atoms in total. The second kappa shape index (κ2) is 5.83. The molecule has 4 fully saturated rings. The first-order chi connectivity index (χ1) is 17.3. The lowest BCUT2D eigenvalue weighted by Crippen LogP contribution is -2.65. The monoisotopic (exact) mass is 454 g/mol. The number of Topliss-reactive ketones (excluding diaryl/α,β-unsaturated/α-hetero) is 1. The maximum atomic E-state index is 15.0. The van der Waals surface area contributed by atoms with Crippen LogP contribution in [0.15, 0.2) is 72.8 Å². The summed E-state index contributed by atoms with van der Waals surface area (Å²) in [5.41, 5.74) is 9.19. The fourth-order valence-corrected chi connectivity index (χ4v) is 11.6. The van der Waals surface area contributed by atoms with Crippen LogP contribution in [-0.2, 0) is 10.2 Å². The first kappa shape index (κ1) is 18.6. The van der Waals surface area contributed by atoms with Gasteiger partial charge in [-0.1, -0.05) is 72.8 Å². The Balaban J connectivity index is 1.31. The molecule has 0 aliphatic heterocycles. The highest BCUT2D eigenvalue weighted by Crippen LogP contribution is 2.83. The van der Waals surface area contributed by atoms with E-state index in [9.17, 15) is 4.79 Å². The summed E-state index contributed by atoms with van der Waals surface area (Å²) in [5, 5.41) is 0. The van der Waals surface area contributed by atoms with E-state index in [0.717, 1.165) is 12.8 Å². The van der Waals surface area contributed by atoms with Gasteiger partial charge in [0, 0.05) is 5.92 Å². The van der Waals surface area contributed by atoms with Crippen LogP contribution < -0.4 is 0 Å². The summed E-state index contributed by atoms with van der Waals surface area (Å²) >= 11 is 0. The van der Waals surface area contributed by atoms with Gasteiger partial charge >= 0.3 is 0 Å². The van der Waals surface area contributed by atoms with Crippen molar-refractivity contribution in [1.29, 1.82) is 0 Å². The van der Waals surface area contributed by atoms with E-state index in [1.807, 2.05) is 0 Å². The molecule has 6 bridgehead atoms. The molecule has 3 aromatic rings. The fraction of sp³-hybridized carbons (Fsp3) is 0.441. The van der Waals surface area contributed by atoms with Gasteiger partial charge < -0.3 is 0 Å². The van der Waals surface area contributed by atoms with E-state index in [1.54, 1.807) is 27.8 Å². The molecule has 0 aromatic heterocycles. The van der Waals surface area contributed by atoms with Crippen molar-refractivity contribution < 1.29 is 4.79 Å². The Kier molecular flexibility index (Phi) is 3.09. The third-order valence-corrected chi connectivity index (χ3v) is 12.2. The summed E-state index contributed by atoms with van der Waals surface area (Å²) in [5.74, 6) is 6.27. The lowest BCUT2D eigenvalue weighted by molar-refractivity contribution is -0.141. The van der Waals surface area contributed by atoms with Crippen molar-refractivity contribution in [3.63, 3.8) is 0 Å². The highest BCUT2D eigenvalue weighted by molar-refractivity contribution is 5.97. The van der Waals surface area contributed by atoms with E-state index >= 15 is 0 Å². The zero-order chi connectivity index (χ0) is 22.6. The average Bonchev–Trinajstić information content (AvgIpc) is 3.26. The van der Waals surface area contributed by atoms with Crippen molar-refractivity contribution in [2.24, 2.45) is 29.6 Å². The van der Waals surface area contributed by atoms with Gasteiger partial charge in [-0.3, -0.25) is 4.79 Å². The minimum atomic E-state index is -0.276. The average molecular weight is 455 g/mol. The summed E-state index contributed by atoms with van der Waals surface area (Å²) in [4.78, 5) is 15.0. The molecule has 172 valence electrons. The fourth-order valence-electron chi connectivity index (χ4n) is 11.6. The molecule has 0 heterocycles. The Morgan fingerprint density at radius 3 is 1.57 bits per heavy atom. The van der Waals surface area contributed by atoms with Crippen molar-refractivity contribution >= 4 is 5.78 Å². The van der Waals surface area contributed by atoms with E-state index in [-0.39, 0.29) is 5.41 Å². The molecule has 3 aromatic carbocycles. The second-order valence-corrected chi connectivity index (χ2v) is 13.0. The van der Waals surface area contributed by atoms with Crippen molar-refractivity contribution in [3.05, 3.63) is 106 Å². The van der Waals surface area contributed by atoms with E-state index in [2.05, 4.69) is 72.8 Å². The third-order valence-electron chi connectivity index (χ3n) is 12.2. The van der Waals surface area contributed by atoms with Crippen molar-refractivity contribution in [2.45, 2.75) is 60.7 Å². The Morgan fingerprint density at radius 1 is 0.600 bits per heavy atom. The van der Waals surface area contributed by atoms with E-state index in [1.165, 1.54) is 18.4 Å². The molecule has 0 spiro atoms. The van der Waals surface area contributed by atoms with Gasteiger partial charge in [0.1, 0.15) is 5.78 Å². The zero-order valence-electron chi connectivity index (χ0n) is 19.9. The number of hydrogen-bond donors (Lipinski definition) is 0. The molecule has 10 atom stereocenters. The van der Waals surface area contributed by atoms with Crippen LogP contribution >= 0.6 is 0 Å². The Bertz CT molecular complexity index is 1390. The van der Waals surface area contributed by atoms with Crippen LogP contribution in [0.4, 0.5) is 0 Å². The Labute approximate surface area is 207 Å². The second-order valence-electron chi connectivity index (χ2n) is 13.0. The van der Waals surface area contributed by atoms with Gasteiger partial charge in [0.05, 0.1) is 5.41 Å². The van der Waals surface area contributed by atoms with Gasteiger partial charge in [0.15, 0.2) is 0 Å². The van der Waals surface area contributed by atoms with Gasteiger partial charge in [-0.25, -0.2) is 0 Å². The number of rotatable bonds is 2. The standard InChI is InChI=1S/C34H30O/c35-33(17-13-14-17)34-27-12-6-5-11-22(27)28(29-23-15-25(31(29)34)20-9-3-1-7-18(20)23)30-24-16-26(32(30)34)21-10-4-2-8-19(21)24/h1-12,17,23-26,28-32H,13-16H2/t23-,24+,25+,26-,28?,29+,30-,31+,32-,34?. The number of fused-ring (bicyclic) bond motifs is 10. The molecule has 11 rings (SSSR count). The Hall–Kier alpha value is -2.67. The van der Waals surface area contributed by atoms with Gasteiger partial charge in [0.25, 0.3) is 0 Å². The first-order valence-corrected chi connectivity index (χ1v) is 14.1. The lowest BCUT2D eigenvalue weighted by Gasteiger charge is -2.66. The summed E-state index contributed by atoms with van der Waals surface area (Å²) in [6.07, 6.45) is 4.80. The SMILES string of the molecule is O=C(C1CC1)C12c3ccccc3C([C@@H]3[C@H]1[C@@H]1C[C@H]3c3ccccc31)[C@H]1[C@@H]2[C@H]2C[C@@H]1c1ccccc12. The normalized spacial score (nSPS) is 43.9. The number of carbonyl (C=O) groups excluding carboxylic acids is 1. The minimum Gasteiger partial charge on any atom is -0.298 e. The topological polar surface area (TPSA) is 17.1 Å². The molecule has 0 saturated heterocycles. The lowest BCUT2D eigenvalue weighted by atomic mass is 9.36. The minimum absolute atomic E-state index is 0.276. The van der Waals surface area contributed by atoms with E-state index in [4.69, 9.17) is 0 Å². The van der Waals surface area contributed by atoms with Crippen LogP contribution in [0.25, 0.3) is 0 Å². The quantitative estimate of drug-likeness (QED) is 0.405. The largest absolute Gasteiger partial charge is 0.298 e. The summed E-state index contributed by atoms with van der Waals surface area (Å²) in [7, 11) is 0. The molecule has 0 amide bonds. The van der Waals surface area contributed by atoms with Crippen LogP contribution in [0.2, 0.25) is 0 Å². The number of hydrogen-bond acceptors (Lipinski definition) is 1. The highest BCUT2D eigenvalue weighted by atomic mass is 16.1. The van der Waals surface area contributed by atoms with Crippen LogP contribution in [-0.4, -0.2) is 5.78 Å². The highest BCUT2D eigenvalue weighted by Gasteiger charge is 2.78. The van der Waals surface area contributed by atoms with E-state index < -0.39 is 0 Å². The van der Waals surface area contributed by atoms with Crippen LogP contribution in [0.5, 0.6) is 0 Å². The number of carbonyl (C=O) groups is 1. The molecule has 0 radical (unpaired) electrons. The molecular formula is C34H30O. The summed E-state index contributed by atoms with van der Waals surface area (Å²) < 4.78 is 0. The van der Waals surface area contributed by atoms with Gasteiger partial charge in [-0.2, -0.15) is 0 Å². The van der Waals surface area contributed by atoms with Gasteiger partial charge in [-0.05, 0) is 112 Å².